The van der Waals surface area contributed by atoms with E-state index >= 15 is 0 Å². The Morgan fingerprint density at radius 3 is 1.71 bits per heavy atom. The molecular formula is C24H34O3Sn. The topological polar surface area (TPSA) is 39.4 Å². The van der Waals surface area contributed by atoms with Crippen LogP contribution in [0.3, 0.4) is 0 Å². The molecule has 0 amide bonds. The zero-order valence-electron chi connectivity index (χ0n) is 17.6. The summed E-state index contributed by atoms with van der Waals surface area (Å²) < 4.78 is 23.6. The van der Waals surface area contributed by atoms with Crippen molar-refractivity contribution in [2.45, 2.75) is 72.6 Å². The van der Waals surface area contributed by atoms with E-state index in [1.54, 1.807) is 6.26 Å². The van der Waals surface area contributed by atoms with E-state index in [0.29, 0.717) is 0 Å². The summed E-state index contributed by atoms with van der Waals surface area (Å²) in [6.45, 7) is 6.93. The molecule has 3 aromatic heterocycles. The van der Waals surface area contributed by atoms with E-state index in [2.05, 4.69) is 32.9 Å². The van der Waals surface area contributed by atoms with Gasteiger partial charge in [-0.1, -0.05) is 0 Å². The van der Waals surface area contributed by atoms with Crippen LogP contribution in [0.4, 0.5) is 0 Å². The van der Waals surface area contributed by atoms with Gasteiger partial charge in [0.25, 0.3) is 0 Å². The molecule has 0 aromatic carbocycles. The molecule has 3 rings (SSSR count). The molecule has 3 nitrogen and oxygen atoms in total. The molecule has 0 atom stereocenters. The van der Waals surface area contributed by atoms with Crippen molar-refractivity contribution in [1.29, 1.82) is 0 Å². The number of furan rings is 3. The predicted molar refractivity (Wildman–Crippen MR) is 119 cm³/mol. The number of hydrogen-bond donors (Lipinski definition) is 0. The number of hydrogen-bond acceptors (Lipinski definition) is 3. The maximum atomic E-state index is 6.53. The Morgan fingerprint density at radius 2 is 1.18 bits per heavy atom. The van der Waals surface area contributed by atoms with E-state index < -0.39 is 18.4 Å². The third kappa shape index (κ3) is 4.97. The van der Waals surface area contributed by atoms with Crippen molar-refractivity contribution in [3.05, 3.63) is 42.7 Å². The van der Waals surface area contributed by atoms with Crippen molar-refractivity contribution in [2.75, 3.05) is 0 Å². The molecule has 0 spiro atoms. The fraction of sp³-hybridized carbons (Fsp3) is 0.500. The van der Waals surface area contributed by atoms with Gasteiger partial charge in [0.2, 0.25) is 0 Å². The summed E-state index contributed by atoms with van der Waals surface area (Å²) in [5.41, 5.74) is 0. The summed E-state index contributed by atoms with van der Waals surface area (Å²) in [5, 5.41) is 0. The van der Waals surface area contributed by atoms with Crippen molar-refractivity contribution >= 4 is 22.2 Å². The molecule has 0 bridgehead atoms. The van der Waals surface area contributed by atoms with Crippen LogP contribution in [-0.2, 0) is 0 Å². The Kier molecular flexibility index (Phi) is 7.95. The van der Waals surface area contributed by atoms with Gasteiger partial charge >= 0.3 is 174 Å². The van der Waals surface area contributed by atoms with Gasteiger partial charge in [-0.3, -0.25) is 0 Å². The molecule has 152 valence electrons. The fourth-order valence-corrected chi connectivity index (χ4v) is 19.3. The molecule has 0 saturated carbocycles. The van der Waals surface area contributed by atoms with Gasteiger partial charge in [-0.15, -0.1) is 0 Å². The predicted octanol–water partition coefficient (Wildman–Crippen LogP) is 7.86. The van der Waals surface area contributed by atoms with Gasteiger partial charge < -0.3 is 0 Å². The van der Waals surface area contributed by atoms with Crippen LogP contribution < -0.4 is 3.78 Å². The second-order valence-electron chi connectivity index (χ2n) is 7.90. The van der Waals surface area contributed by atoms with Crippen LogP contribution >= 0.6 is 0 Å². The SMILES string of the molecule is CCC[CH2][Sn]([CH2]CCC)([CH2]CCC)[c]1ccc(-c2ccc(-c3ccco3)o2)o1. The standard InChI is InChI=1S/C12H7O3.3C4H9.Sn/c1-3-9(13-7-1)11-5-6-12(15-11)10-4-2-8-14-10;3*1-3-4-2;/h1-7H;3*1,3-4H2,2H3;. The van der Waals surface area contributed by atoms with E-state index in [1.807, 2.05) is 24.3 Å². The minimum absolute atomic E-state index is 0.746. The van der Waals surface area contributed by atoms with Gasteiger partial charge in [0.1, 0.15) is 0 Å². The van der Waals surface area contributed by atoms with Crippen LogP contribution in [0.5, 0.6) is 0 Å². The van der Waals surface area contributed by atoms with Crippen molar-refractivity contribution < 1.29 is 13.3 Å². The average molecular weight is 489 g/mol. The molecule has 3 aromatic rings. The average Bonchev–Trinajstić information content (AvgIpc) is 3.48. The van der Waals surface area contributed by atoms with E-state index in [-0.39, 0.29) is 0 Å². The second kappa shape index (κ2) is 10.4. The minimum atomic E-state index is -2.53. The number of unbranched alkanes of at least 4 members (excludes halogenated alkanes) is 3. The van der Waals surface area contributed by atoms with Crippen molar-refractivity contribution in [3.8, 4) is 23.0 Å². The molecule has 0 aliphatic heterocycles. The molecule has 28 heavy (non-hydrogen) atoms. The molecule has 0 fully saturated rings. The van der Waals surface area contributed by atoms with Crippen molar-refractivity contribution in [3.63, 3.8) is 0 Å². The quantitative estimate of drug-likeness (QED) is 0.243. The third-order valence-corrected chi connectivity index (χ3v) is 20.7. The van der Waals surface area contributed by atoms with Gasteiger partial charge in [-0.25, -0.2) is 0 Å². The summed E-state index contributed by atoms with van der Waals surface area (Å²) in [7, 11) is 0. The first-order valence-corrected chi connectivity index (χ1v) is 18.4. The Balaban J connectivity index is 1.88. The Hall–Kier alpha value is -1.36. The van der Waals surface area contributed by atoms with Crippen LogP contribution in [0, 0.1) is 0 Å². The fourth-order valence-electron chi connectivity index (χ4n) is 4.07. The van der Waals surface area contributed by atoms with Crippen LogP contribution in [-0.4, -0.2) is 18.4 Å². The van der Waals surface area contributed by atoms with E-state index in [4.69, 9.17) is 13.3 Å². The van der Waals surface area contributed by atoms with E-state index in [0.717, 1.165) is 23.0 Å². The molecule has 0 aliphatic rings. The van der Waals surface area contributed by atoms with Crippen molar-refractivity contribution in [1.82, 2.24) is 0 Å². The molecular weight excluding hydrogens is 455 g/mol. The molecule has 0 saturated heterocycles. The first-order valence-electron chi connectivity index (χ1n) is 11.0. The summed E-state index contributed by atoms with van der Waals surface area (Å²) in [6, 6.07) is 12.1. The Labute approximate surface area is 173 Å². The van der Waals surface area contributed by atoms with Gasteiger partial charge in [-0.2, -0.15) is 0 Å². The molecule has 0 N–H and O–H groups in total. The first kappa shape index (κ1) is 21.4. The summed E-state index contributed by atoms with van der Waals surface area (Å²) in [6.07, 6.45) is 9.49. The summed E-state index contributed by atoms with van der Waals surface area (Å²) in [4.78, 5) is 0. The van der Waals surface area contributed by atoms with Gasteiger partial charge in [-0.05, 0) is 0 Å². The zero-order chi connectivity index (χ0) is 19.8. The molecule has 4 heteroatoms. The van der Waals surface area contributed by atoms with Crippen LogP contribution in [0.15, 0.2) is 55.9 Å². The second-order valence-corrected chi connectivity index (χ2v) is 20.9. The van der Waals surface area contributed by atoms with Crippen molar-refractivity contribution in [2.24, 2.45) is 0 Å². The number of rotatable bonds is 12. The maximum absolute atomic E-state index is 6.53. The molecule has 0 radical (unpaired) electrons. The third-order valence-electron chi connectivity index (χ3n) is 5.77. The van der Waals surface area contributed by atoms with E-state index in [9.17, 15) is 0 Å². The normalized spacial score (nSPS) is 12.0. The molecule has 0 aliphatic carbocycles. The van der Waals surface area contributed by atoms with Gasteiger partial charge in [0.15, 0.2) is 0 Å². The summed E-state index contributed by atoms with van der Waals surface area (Å²) in [5.74, 6) is 3.15. The molecule has 0 unspecified atom stereocenters. The van der Waals surface area contributed by atoms with E-state index in [1.165, 1.54) is 55.6 Å². The van der Waals surface area contributed by atoms with Crippen LogP contribution in [0.25, 0.3) is 23.0 Å². The summed E-state index contributed by atoms with van der Waals surface area (Å²) >= 11 is -2.53. The van der Waals surface area contributed by atoms with Gasteiger partial charge in [0, 0.05) is 0 Å². The van der Waals surface area contributed by atoms with Crippen LogP contribution in [0.2, 0.25) is 13.3 Å². The monoisotopic (exact) mass is 490 g/mol. The Bertz CT molecular complexity index is 791. The zero-order valence-corrected chi connectivity index (χ0v) is 20.5. The van der Waals surface area contributed by atoms with Crippen LogP contribution in [0.1, 0.15) is 59.3 Å². The Morgan fingerprint density at radius 1 is 0.643 bits per heavy atom. The van der Waals surface area contributed by atoms with Gasteiger partial charge in [0.05, 0.1) is 0 Å². The molecule has 3 heterocycles. The first-order chi connectivity index (χ1) is 13.7.